The number of aromatic nitrogens is 2. The molecule has 2 N–H and O–H groups in total. The average molecular weight is 511 g/mol. The maximum absolute atomic E-state index is 9.79. The van der Waals surface area contributed by atoms with Crippen molar-refractivity contribution >= 4 is 40.1 Å². The molecule has 2 aromatic carbocycles. The second-order valence-corrected chi connectivity index (χ2v) is 7.27. The number of benzene rings is 2. The number of allylic oxidation sites excluding steroid dienone is 1. The van der Waals surface area contributed by atoms with Crippen LogP contribution in [0.1, 0.15) is 23.7 Å². The van der Waals surface area contributed by atoms with Gasteiger partial charge in [0, 0.05) is 0 Å². The highest BCUT2D eigenvalue weighted by Gasteiger charge is 2.20. The van der Waals surface area contributed by atoms with Crippen LogP contribution in [0.25, 0.3) is 17.3 Å². The van der Waals surface area contributed by atoms with Gasteiger partial charge < -0.3 is 15.2 Å². The first-order valence-corrected chi connectivity index (χ1v) is 10.1. The number of nitrogens with zero attached hydrogens (tertiary/aromatic N) is 4. The van der Waals surface area contributed by atoms with E-state index in [0.717, 1.165) is 3.57 Å². The first kappa shape index (κ1) is 21.2. The topological polar surface area (TPSA) is 110 Å². The molecule has 0 bridgehead atoms. The average Bonchev–Trinajstić information content (AvgIpc) is 3.10. The van der Waals surface area contributed by atoms with Crippen LogP contribution < -0.4 is 15.2 Å². The van der Waals surface area contributed by atoms with Crippen LogP contribution in [0, 0.1) is 26.2 Å². The third kappa shape index (κ3) is 4.09. The van der Waals surface area contributed by atoms with E-state index in [1.165, 1.54) is 4.68 Å². The highest BCUT2D eigenvalue weighted by Crippen LogP contribution is 2.35. The predicted octanol–water partition coefficient (Wildman–Crippen LogP) is 4.40. The standard InChI is InChI=1S/C22H18IN5O2/c1-3-30-21-18(23)10-14(11-19(21)29-2)9-15(12-24)20-17(13-25)22(26)28(27-20)16-7-5-4-6-8-16/h4-11H,3,26H2,1-2H3/b15-9-. The number of hydrogen-bond donors (Lipinski definition) is 1. The Morgan fingerprint density at radius 1 is 1.27 bits per heavy atom. The van der Waals surface area contributed by atoms with Gasteiger partial charge >= 0.3 is 0 Å². The number of halogens is 1. The smallest absolute Gasteiger partial charge is 0.174 e. The zero-order valence-electron chi connectivity index (χ0n) is 16.4. The number of para-hydroxylation sites is 1. The molecule has 0 aliphatic carbocycles. The number of ether oxygens (including phenoxy) is 2. The summed E-state index contributed by atoms with van der Waals surface area (Å²) >= 11 is 2.15. The van der Waals surface area contributed by atoms with E-state index in [-0.39, 0.29) is 22.6 Å². The maximum atomic E-state index is 9.79. The van der Waals surface area contributed by atoms with Crippen LogP contribution in [0.4, 0.5) is 5.82 Å². The number of rotatable bonds is 6. The number of hydrogen-bond acceptors (Lipinski definition) is 6. The van der Waals surface area contributed by atoms with Crippen molar-refractivity contribution in [2.75, 3.05) is 19.5 Å². The van der Waals surface area contributed by atoms with Gasteiger partial charge in [-0.2, -0.15) is 15.6 Å². The molecule has 0 spiro atoms. The van der Waals surface area contributed by atoms with Crippen LogP contribution in [0.2, 0.25) is 0 Å². The lowest BCUT2D eigenvalue weighted by Gasteiger charge is -2.12. The van der Waals surface area contributed by atoms with Crippen LogP contribution >= 0.6 is 22.6 Å². The lowest BCUT2D eigenvalue weighted by molar-refractivity contribution is 0.308. The Hall–Kier alpha value is -3.50. The molecule has 0 unspecified atom stereocenters. The Labute approximate surface area is 188 Å². The summed E-state index contributed by atoms with van der Waals surface area (Å²) in [5.41, 5.74) is 8.17. The summed E-state index contributed by atoms with van der Waals surface area (Å²) in [5, 5.41) is 23.9. The lowest BCUT2D eigenvalue weighted by Crippen LogP contribution is -2.02. The second kappa shape index (κ2) is 9.33. The molecule has 0 radical (unpaired) electrons. The van der Waals surface area contributed by atoms with Gasteiger partial charge in [0.2, 0.25) is 0 Å². The fourth-order valence-corrected chi connectivity index (χ4v) is 3.70. The Kier molecular flexibility index (Phi) is 6.60. The first-order valence-electron chi connectivity index (χ1n) is 9.00. The van der Waals surface area contributed by atoms with Crippen LogP contribution in [0.5, 0.6) is 11.5 Å². The summed E-state index contributed by atoms with van der Waals surface area (Å²) in [6, 6.07) is 17.1. The first-order chi connectivity index (χ1) is 14.5. The minimum Gasteiger partial charge on any atom is -0.493 e. The minimum atomic E-state index is 0.152. The number of nitriles is 2. The molecule has 0 aliphatic heterocycles. The molecule has 1 heterocycles. The van der Waals surface area contributed by atoms with Gasteiger partial charge in [0.15, 0.2) is 11.5 Å². The fourth-order valence-electron chi connectivity index (χ4n) is 2.92. The number of anilines is 1. The maximum Gasteiger partial charge on any atom is 0.174 e. The number of nitrogen functional groups attached to an aromatic ring is 1. The minimum absolute atomic E-state index is 0.152. The monoisotopic (exact) mass is 511 g/mol. The summed E-state index contributed by atoms with van der Waals surface area (Å²) in [6.07, 6.45) is 1.65. The number of methoxy groups -OCH3 is 1. The van der Waals surface area contributed by atoms with Gasteiger partial charge in [0.05, 0.1) is 28.5 Å². The van der Waals surface area contributed by atoms with Crippen molar-refractivity contribution in [2.24, 2.45) is 0 Å². The zero-order chi connectivity index (χ0) is 21.7. The van der Waals surface area contributed by atoms with E-state index >= 15 is 0 Å². The molecule has 3 rings (SSSR count). The van der Waals surface area contributed by atoms with Crippen molar-refractivity contribution < 1.29 is 9.47 Å². The highest BCUT2D eigenvalue weighted by molar-refractivity contribution is 14.1. The molecule has 1 aromatic heterocycles. The molecular formula is C22H18IN5O2. The van der Waals surface area contributed by atoms with Crippen LogP contribution in [-0.2, 0) is 0 Å². The molecule has 0 fully saturated rings. The highest BCUT2D eigenvalue weighted by atomic mass is 127. The molecule has 0 saturated heterocycles. The van der Waals surface area contributed by atoms with Gasteiger partial charge in [-0.25, -0.2) is 4.68 Å². The van der Waals surface area contributed by atoms with Gasteiger partial charge in [0.1, 0.15) is 29.2 Å². The molecule has 7 nitrogen and oxygen atoms in total. The third-order valence-corrected chi connectivity index (χ3v) is 5.06. The van der Waals surface area contributed by atoms with Crippen molar-refractivity contribution in [3.8, 4) is 29.3 Å². The van der Waals surface area contributed by atoms with E-state index < -0.39 is 0 Å². The quantitative estimate of drug-likeness (QED) is 0.388. The normalized spacial score (nSPS) is 10.9. The van der Waals surface area contributed by atoms with Gasteiger partial charge in [-0.1, -0.05) is 18.2 Å². The van der Waals surface area contributed by atoms with E-state index in [4.69, 9.17) is 15.2 Å². The molecule has 150 valence electrons. The summed E-state index contributed by atoms with van der Waals surface area (Å²) in [7, 11) is 1.56. The summed E-state index contributed by atoms with van der Waals surface area (Å²) in [6.45, 7) is 2.40. The Bertz CT molecular complexity index is 1190. The fraction of sp³-hybridized carbons (Fsp3) is 0.136. The van der Waals surface area contributed by atoms with Crippen LogP contribution in [-0.4, -0.2) is 23.5 Å². The Balaban J connectivity index is 2.14. The van der Waals surface area contributed by atoms with E-state index in [9.17, 15) is 10.5 Å². The largest absolute Gasteiger partial charge is 0.493 e. The molecule has 8 heteroatoms. The van der Waals surface area contributed by atoms with E-state index in [1.54, 1.807) is 19.3 Å². The molecular weight excluding hydrogens is 493 g/mol. The van der Waals surface area contributed by atoms with Crippen molar-refractivity contribution in [3.05, 3.63) is 62.9 Å². The third-order valence-electron chi connectivity index (χ3n) is 4.26. The van der Waals surface area contributed by atoms with Crippen molar-refractivity contribution in [1.29, 1.82) is 10.5 Å². The van der Waals surface area contributed by atoms with Crippen LogP contribution in [0.3, 0.4) is 0 Å². The lowest BCUT2D eigenvalue weighted by atomic mass is 10.1. The van der Waals surface area contributed by atoms with Crippen LogP contribution in [0.15, 0.2) is 42.5 Å². The van der Waals surface area contributed by atoms with Crippen molar-refractivity contribution in [1.82, 2.24) is 9.78 Å². The van der Waals surface area contributed by atoms with Crippen molar-refractivity contribution in [2.45, 2.75) is 6.92 Å². The van der Waals surface area contributed by atoms with Crippen molar-refractivity contribution in [3.63, 3.8) is 0 Å². The SMILES string of the molecule is CCOc1c(I)cc(/C=C(/C#N)c2nn(-c3ccccc3)c(N)c2C#N)cc1OC. The molecule has 0 aliphatic rings. The summed E-state index contributed by atoms with van der Waals surface area (Å²) in [4.78, 5) is 0. The van der Waals surface area contributed by atoms with Gasteiger partial charge in [-0.05, 0) is 65.4 Å². The van der Waals surface area contributed by atoms with E-state index in [0.29, 0.717) is 29.4 Å². The van der Waals surface area contributed by atoms with Gasteiger partial charge in [-0.15, -0.1) is 0 Å². The van der Waals surface area contributed by atoms with E-state index in [2.05, 4.69) is 39.8 Å². The van der Waals surface area contributed by atoms with Gasteiger partial charge in [0.25, 0.3) is 0 Å². The molecule has 0 atom stereocenters. The summed E-state index contributed by atoms with van der Waals surface area (Å²) < 4.78 is 13.4. The second-order valence-electron chi connectivity index (χ2n) is 6.10. The zero-order valence-corrected chi connectivity index (χ0v) is 18.5. The molecule has 0 amide bonds. The number of nitrogens with two attached hydrogens (primary N) is 1. The Morgan fingerprint density at radius 2 is 2.00 bits per heavy atom. The van der Waals surface area contributed by atoms with E-state index in [1.807, 2.05) is 43.3 Å². The van der Waals surface area contributed by atoms with Gasteiger partial charge in [-0.3, -0.25) is 0 Å². The summed E-state index contributed by atoms with van der Waals surface area (Å²) in [5.74, 6) is 1.38. The molecule has 0 saturated carbocycles. The molecule has 30 heavy (non-hydrogen) atoms. The predicted molar refractivity (Wildman–Crippen MR) is 123 cm³/mol. The molecule has 3 aromatic rings. The Morgan fingerprint density at radius 3 is 2.60 bits per heavy atom.